The van der Waals surface area contributed by atoms with Gasteiger partial charge in [0.2, 0.25) is 5.95 Å². The number of nitrogens with zero attached hydrogens (tertiary/aromatic N) is 6. The number of hydrogen-bond acceptors (Lipinski definition) is 5. The average molecular weight is 408 g/mol. The summed E-state index contributed by atoms with van der Waals surface area (Å²) in [6.07, 6.45) is 0. The molecule has 9 nitrogen and oxygen atoms in total. The summed E-state index contributed by atoms with van der Waals surface area (Å²) in [7, 11) is 3.23. The van der Waals surface area contributed by atoms with Crippen LogP contribution in [0.3, 0.4) is 0 Å². The van der Waals surface area contributed by atoms with Gasteiger partial charge in [0.1, 0.15) is 0 Å². The van der Waals surface area contributed by atoms with Crippen molar-refractivity contribution in [1.82, 2.24) is 28.5 Å². The second kappa shape index (κ2) is 7.75. The van der Waals surface area contributed by atoms with Crippen molar-refractivity contribution in [2.24, 2.45) is 7.05 Å². The Hall–Kier alpha value is -3.46. The molecule has 156 valence electrons. The highest BCUT2D eigenvalue weighted by atomic mass is 16.5. The molecular weight excluding hydrogens is 384 g/mol. The summed E-state index contributed by atoms with van der Waals surface area (Å²) in [5.74, 6) is 0.484. The predicted octanol–water partition coefficient (Wildman–Crippen LogP) is 1.39. The van der Waals surface area contributed by atoms with Crippen LogP contribution in [0.1, 0.15) is 17.0 Å². The Bertz CT molecular complexity index is 1330. The molecule has 0 N–H and O–H groups in total. The molecular formula is C21H24N6O3. The van der Waals surface area contributed by atoms with Crippen LogP contribution >= 0.6 is 0 Å². The molecule has 0 radical (unpaired) electrons. The summed E-state index contributed by atoms with van der Waals surface area (Å²) >= 11 is 0. The van der Waals surface area contributed by atoms with Crippen LogP contribution in [0.25, 0.3) is 17.1 Å². The van der Waals surface area contributed by atoms with Gasteiger partial charge in [-0.15, -0.1) is 0 Å². The summed E-state index contributed by atoms with van der Waals surface area (Å²) in [5.41, 5.74) is 2.49. The van der Waals surface area contributed by atoms with Crippen molar-refractivity contribution in [1.29, 1.82) is 0 Å². The van der Waals surface area contributed by atoms with E-state index in [1.807, 2.05) is 50.2 Å². The first-order valence-corrected chi connectivity index (χ1v) is 9.69. The minimum atomic E-state index is -0.410. The third-order valence-corrected chi connectivity index (χ3v) is 5.11. The van der Waals surface area contributed by atoms with E-state index in [0.717, 1.165) is 17.0 Å². The first-order valence-electron chi connectivity index (χ1n) is 9.69. The van der Waals surface area contributed by atoms with Crippen LogP contribution in [-0.2, 0) is 24.9 Å². The molecule has 0 aliphatic rings. The van der Waals surface area contributed by atoms with Gasteiger partial charge >= 0.3 is 5.69 Å². The first-order chi connectivity index (χ1) is 14.4. The Balaban J connectivity index is 2.01. The Morgan fingerprint density at radius 3 is 2.43 bits per heavy atom. The van der Waals surface area contributed by atoms with Crippen LogP contribution in [0.15, 0.2) is 46.0 Å². The van der Waals surface area contributed by atoms with Crippen LogP contribution in [0, 0.1) is 13.8 Å². The number of ether oxygens (including phenoxy) is 1. The zero-order valence-corrected chi connectivity index (χ0v) is 17.5. The predicted molar refractivity (Wildman–Crippen MR) is 113 cm³/mol. The van der Waals surface area contributed by atoms with E-state index >= 15 is 0 Å². The van der Waals surface area contributed by atoms with E-state index in [1.54, 1.807) is 23.4 Å². The molecule has 0 bridgehead atoms. The second-order valence-corrected chi connectivity index (χ2v) is 7.29. The molecule has 0 aliphatic carbocycles. The summed E-state index contributed by atoms with van der Waals surface area (Å²) in [4.78, 5) is 31.1. The van der Waals surface area contributed by atoms with E-state index in [2.05, 4.69) is 10.1 Å². The summed E-state index contributed by atoms with van der Waals surface area (Å²) < 4.78 is 11.4. The molecule has 4 aromatic rings. The Morgan fingerprint density at radius 1 is 1.07 bits per heavy atom. The highest BCUT2D eigenvalue weighted by molar-refractivity contribution is 5.72. The minimum absolute atomic E-state index is 0.187. The molecule has 9 heteroatoms. The zero-order chi connectivity index (χ0) is 21.4. The number of imidazole rings is 1. The lowest BCUT2D eigenvalue weighted by Gasteiger charge is -2.11. The topological polar surface area (TPSA) is 88.9 Å². The van der Waals surface area contributed by atoms with Gasteiger partial charge in [0, 0.05) is 26.4 Å². The van der Waals surface area contributed by atoms with E-state index < -0.39 is 5.69 Å². The van der Waals surface area contributed by atoms with E-state index in [4.69, 9.17) is 4.74 Å². The number of fused-ring (bicyclic) bond motifs is 1. The van der Waals surface area contributed by atoms with E-state index in [-0.39, 0.29) is 12.1 Å². The van der Waals surface area contributed by atoms with Crippen molar-refractivity contribution in [2.45, 2.75) is 26.9 Å². The molecule has 0 saturated carbocycles. The molecule has 1 aromatic carbocycles. The summed E-state index contributed by atoms with van der Waals surface area (Å²) in [5, 5.41) is 4.51. The number of aryl methyl sites for hydroxylation is 3. The van der Waals surface area contributed by atoms with Crippen LogP contribution in [0.2, 0.25) is 0 Å². The van der Waals surface area contributed by atoms with Gasteiger partial charge in [0.25, 0.3) is 5.56 Å². The Labute approximate surface area is 172 Å². The van der Waals surface area contributed by atoms with Gasteiger partial charge in [-0.1, -0.05) is 30.3 Å². The first kappa shape index (κ1) is 19.8. The van der Waals surface area contributed by atoms with Crippen molar-refractivity contribution in [3.05, 3.63) is 74.2 Å². The lowest BCUT2D eigenvalue weighted by molar-refractivity contribution is 0.188. The number of methoxy groups -OCH3 is 1. The third kappa shape index (κ3) is 3.26. The van der Waals surface area contributed by atoms with Gasteiger partial charge in [-0.3, -0.25) is 13.9 Å². The largest absolute Gasteiger partial charge is 0.383 e. The standard InChI is InChI=1S/C21H24N6O3/c1-14-12-15(2)27(23-14)20-22-18-17(25(20)10-11-30-4)19(28)26(21(29)24(18)3)13-16-8-6-5-7-9-16/h5-9,12H,10-11,13H2,1-4H3. The molecule has 0 aliphatic heterocycles. The lowest BCUT2D eigenvalue weighted by Crippen LogP contribution is -2.40. The fraction of sp³-hybridized carbons (Fsp3) is 0.333. The normalized spacial score (nSPS) is 11.5. The number of benzene rings is 1. The molecule has 0 spiro atoms. The maximum Gasteiger partial charge on any atom is 0.332 e. The fourth-order valence-electron chi connectivity index (χ4n) is 3.65. The van der Waals surface area contributed by atoms with Gasteiger partial charge in [-0.25, -0.2) is 9.48 Å². The highest BCUT2D eigenvalue weighted by Crippen LogP contribution is 2.17. The van der Waals surface area contributed by atoms with Crippen LogP contribution in [-0.4, -0.2) is 42.2 Å². The summed E-state index contributed by atoms with van der Waals surface area (Å²) in [6, 6.07) is 11.4. The van der Waals surface area contributed by atoms with Gasteiger partial charge in [0.05, 0.1) is 18.8 Å². The van der Waals surface area contributed by atoms with E-state index in [0.29, 0.717) is 30.3 Å². The molecule has 0 atom stereocenters. The number of aromatic nitrogens is 6. The lowest BCUT2D eigenvalue weighted by atomic mass is 10.2. The second-order valence-electron chi connectivity index (χ2n) is 7.29. The quantitative estimate of drug-likeness (QED) is 0.481. The summed E-state index contributed by atoms with van der Waals surface area (Å²) in [6.45, 7) is 4.80. The molecule has 0 saturated heterocycles. The van der Waals surface area contributed by atoms with Crippen molar-refractivity contribution in [2.75, 3.05) is 13.7 Å². The van der Waals surface area contributed by atoms with Crippen LogP contribution in [0.5, 0.6) is 0 Å². The third-order valence-electron chi connectivity index (χ3n) is 5.11. The van der Waals surface area contributed by atoms with E-state index in [9.17, 15) is 9.59 Å². The SMILES string of the molecule is COCCn1c(-n2nc(C)cc2C)nc2c1c(=O)n(Cc1ccccc1)c(=O)n2C. The maximum absolute atomic E-state index is 13.4. The molecule has 3 heterocycles. The van der Waals surface area contributed by atoms with Crippen molar-refractivity contribution in [3.8, 4) is 5.95 Å². The smallest absolute Gasteiger partial charge is 0.332 e. The monoisotopic (exact) mass is 408 g/mol. The zero-order valence-electron chi connectivity index (χ0n) is 17.5. The molecule has 0 amide bonds. The Morgan fingerprint density at radius 2 is 1.80 bits per heavy atom. The van der Waals surface area contributed by atoms with Gasteiger partial charge in [0.15, 0.2) is 11.2 Å². The number of rotatable bonds is 6. The fourth-order valence-corrected chi connectivity index (χ4v) is 3.65. The van der Waals surface area contributed by atoms with Gasteiger partial charge in [-0.05, 0) is 25.5 Å². The Kier molecular flexibility index (Phi) is 5.13. The molecule has 0 unspecified atom stereocenters. The van der Waals surface area contributed by atoms with Crippen molar-refractivity contribution in [3.63, 3.8) is 0 Å². The molecule has 30 heavy (non-hydrogen) atoms. The molecule has 3 aromatic heterocycles. The van der Waals surface area contributed by atoms with Gasteiger partial charge in [-0.2, -0.15) is 10.1 Å². The van der Waals surface area contributed by atoms with Gasteiger partial charge < -0.3 is 9.30 Å². The van der Waals surface area contributed by atoms with Crippen molar-refractivity contribution >= 4 is 11.2 Å². The van der Waals surface area contributed by atoms with E-state index in [1.165, 1.54) is 9.13 Å². The molecule has 4 rings (SSSR count). The van der Waals surface area contributed by atoms with Crippen LogP contribution in [0.4, 0.5) is 0 Å². The number of hydrogen-bond donors (Lipinski definition) is 0. The minimum Gasteiger partial charge on any atom is -0.383 e. The van der Waals surface area contributed by atoms with Crippen LogP contribution < -0.4 is 11.2 Å². The highest BCUT2D eigenvalue weighted by Gasteiger charge is 2.22. The average Bonchev–Trinajstić information content (AvgIpc) is 3.28. The molecule has 0 fully saturated rings. The van der Waals surface area contributed by atoms with Crippen molar-refractivity contribution < 1.29 is 4.74 Å². The maximum atomic E-state index is 13.4.